The van der Waals surface area contributed by atoms with Crippen LogP contribution < -0.4 is 0 Å². The molecular formula is C20H29N3. The van der Waals surface area contributed by atoms with E-state index in [0.29, 0.717) is 16.7 Å². The molecule has 124 valence electrons. The van der Waals surface area contributed by atoms with Crippen LogP contribution in [0.15, 0.2) is 30.7 Å². The van der Waals surface area contributed by atoms with E-state index < -0.39 is 0 Å². The van der Waals surface area contributed by atoms with Crippen molar-refractivity contribution in [3.05, 3.63) is 47.5 Å². The molecule has 0 aliphatic heterocycles. The Bertz CT molecular complexity index is 664. The summed E-state index contributed by atoms with van der Waals surface area (Å²) in [6, 6.07) is 4.13. The quantitative estimate of drug-likeness (QED) is 0.835. The molecule has 0 fully saturated rings. The fraction of sp³-hybridized carbons (Fsp3) is 0.600. The van der Waals surface area contributed by atoms with E-state index in [9.17, 15) is 0 Å². The van der Waals surface area contributed by atoms with Crippen LogP contribution in [0, 0.1) is 16.7 Å². The Labute approximate surface area is 140 Å². The van der Waals surface area contributed by atoms with E-state index >= 15 is 0 Å². The SMILES string of the molecule is CC(C)C1(C(C)(C)C)CCc2nn(Cc3ccncc3)cc2C1. The molecule has 3 nitrogen and oxygen atoms in total. The smallest absolute Gasteiger partial charge is 0.0660 e. The molecule has 23 heavy (non-hydrogen) atoms. The Morgan fingerprint density at radius 3 is 2.52 bits per heavy atom. The summed E-state index contributed by atoms with van der Waals surface area (Å²) < 4.78 is 2.11. The number of rotatable bonds is 3. The largest absolute Gasteiger partial charge is 0.268 e. The monoisotopic (exact) mass is 311 g/mol. The van der Waals surface area contributed by atoms with Gasteiger partial charge in [0.05, 0.1) is 12.2 Å². The number of fused-ring (bicyclic) bond motifs is 1. The molecule has 1 unspecified atom stereocenters. The molecule has 2 aromatic heterocycles. The molecule has 0 amide bonds. The molecule has 2 heterocycles. The Balaban J connectivity index is 1.87. The second-order valence-corrected chi connectivity index (χ2v) is 8.39. The van der Waals surface area contributed by atoms with Gasteiger partial charge in [-0.15, -0.1) is 0 Å². The number of aromatic nitrogens is 3. The van der Waals surface area contributed by atoms with Gasteiger partial charge in [0.15, 0.2) is 0 Å². The number of hydrogen-bond donors (Lipinski definition) is 0. The van der Waals surface area contributed by atoms with Gasteiger partial charge in [-0.2, -0.15) is 5.10 Å². The van der Waals surface area contributed by atoms with Crippen LogP contribution >= 0.6 is 0 Å². The zero-order valence-electron chi connectivity index (χ0n) is 15.1. The molecular weight excluding hydrogens is 282 g/mol. The number of aryl methyl sites for hydroxylation is 1. The molecule has 0 saturated carbocycles. The van der Waals surface area contributed by atoms with Gasteiger partial charge in [0, 0.05) is 18.6 Å². The van der Waals surface area contributed by atoms with Gasteiger partial charge in [0.25, 0.3) is 0 Å². The fourth-order valence-corrected chi connectivity index (χ4v) is 4.39. The van der Waals surface area contributed by atoms with Gasteiger partial charge in [0.2, 0.25) is 0 Å². The van der Waals surface area contributed by atoms with Crippen LogP contribution in [0.25, 0.3) is 0 Å². The van der Waals surface area contributed by atoms with Crippen molar-refractivity contribution >= 4 is 0 Å². The zero-order valence-corrected chi connectivity index (χ0v) is 15.1. The lowest BCUT2D eigenvalue weighted by molar-refractivity contribution is 0.0147. The molecule has 1 aliphatic carbocycles. The molecule has 0 N–H and O–H groups in total. The van der Waals surface area contributed by atoms with Crippen molar-refractivity contribution in [2.45, 2.75) is 60.4 Å². The van der Waals surface area contributed by atoms with Gasteiger partial charge in [-0.1, -0.05) is 34.6 Å². The third-order valence-electron chi connectivity index (χ3n) is 5.93. The van der Waals surface area contributed by atoms with Gasteiger partial charge in [-0.3, -0.25) is 9.67 Å². The summed E-state index contributed by atoms with van der Waals surface area (Å²) in [4.78, 5) is 4.09. The average molecular weight is 311 g/mol. The maximum atomic E-state index is 4.85. The number of pyridine rings is 1. The van der Waals surface area contributed by atoms with Crippen molar-refractivity contribution in [3.63, 3.8) is 0 Å². The molecule has 0 saturated heterocycles. The Hall–Kier alpha value is -1.64. The van der Waals surface area contributed by atoms with E-state index in [1.807, 2.05) is 12.4 Å². The van der Waals surface area contributed by atoms with Crippen LogP contribution in [0.4, 0.5) is 0 Å². The Morgan fingerprint density at radius 1 is 1.22 bits per heavy atom. The standard InChI is InChI=1S/C20H29N3/c1-15(2)20(19(3,4)5)9-6-18-17(12-20)14-23(22-18)13-16-7-10-21-11-8-16/h7-8,10-11,14-15H,6,9,12-13H2,1-5H3. The molecule has 3 rings (SSSR count). The third-order valence-corrected chi connectivity index (χ3v) is 5.93. The first-order chi connectivity index (χ1) is 10.8. The van der Waals surface area contributed by atoms with Crippen LogP contribution in [0.5, 0.6) is 0 Å². The minimum Gasteiger partial charge on any atom is -0.268 e. The predicted octanol–water partition coefficient (Wildman–Crippen LogP) is 4.50. The van der Waals surface area contributed by atoms with E-state index in [0.717, 1.165) is 19.4 Å². The van der Waals surface area contributed by atoms with Crippen LogP contribution in [-0.4, -0.2) is 14.8 Å². The van der Waals surface area contributed by atoms with E-state index in [1.165, 1.54) is 23.2 Å². The highest BCUT2D eigenvalue weighted by atomic mass is 15.3. The zero-order chi connectivity index (χ0) is 16.7. The second-order valence-electron chi connectivity index (χ2n) is 8.39. The lowest BCUT2D eigenvalue weighted by atomic mass is 9.54. The van der Waals surface area contributed by atoms with E-state index in [2.05, 4.69) is 62.6 Å². The minimum atomic E-state index is 0.312. The lowest BCUT2D eigenvalue weighted by Crippen LogP contribution is -2.44. The van der Waals surface area contributed by atoms with Gasteiger partial charge in [-0.25, -0.2) is 0 Å². The molecule has 0 spiro atoms. The molecule has 0 radical (unpaired) electrons. The lowest BCUT2D eigenvalue weighted by Gasteiger charge is -2.50. The Morgan fingerprint density at radius 2 is 1.91 bits per heavy atom. The van der Waals surface area contributed by atoms with E-state index in [1.54, 1.807) is 0 Å². The first-order valence-corrected chi connectivity index (χ1v) is 8.76. The van der Waals surface area contributed by atoms with Gasteiger partial charge in [0.1, 0.15) is 0 Å². The third kappa shape index (κ3) is 2.93. The molecule has 1 aliphatic rings. The molecule has 0 aromatic carbocycles. The maximum absolute atomic E-state index is 4.85. The van der Waals surface area contributed by atoms with E-state index in [-0.39, 0.29) is 0 Å². The predicted molar refractivity (Wildman–Crippen MR) is 94.3 cm³/mol. The average Bonchev–Trinajstić information content (AvgIpc) is 2.87. The topological polar surface area (TPSA) is 30.7 Å². The maximum Gasteiger partial charge on any atom is 0.0660 e. The summed E-state index contributed by atoms with van der Waals surface area (Å²) >= 11 is 0. The van der Waals surface area contributed by atoms with Crippen molar-refractivity contribution in [2.24, 2.45) is 16.7 Å². The summed E-state index contributed by atoms with van der Waals surface area (Å²) in [5.41, 5.74) is 4.69. The van der Waals surface area contributed by atoms with Crippen molar-refractivity contribution in [2.75, 3.05) is 0 Å². The van der Waals surface area contributed by atoms with Gasteiger partial charge in [-0.05, 0) is 59.3 Å². The minimum absolute atomic E-state index is 0.312. The number of hydrogen-bond acceptors (Lipinski definition) is 2. The van der Waals surface area contributed by atoms with Crippen molar-refractivity contribution in [3.8, 4) is 0 Å². The van der Waals surface area contributed by atoms with Crippen molar-refractivity contribution in [1.29, 1.82) is 0 Å². The first kappa shape index (κ1) is 16.2. The molecule has 0 bridgehead atoms. The molecule has 3 heteroatoms. The fourth-order valence-electron chi connectivity index (χ4n) is 4.39. The van der Waals surface area contributed by atoms with Crippen LogP contribution in [0.2, 0.25) is 0 Å². The van der Waals surface area contributed by atoms with Crippen molar-refractivity contribution in [1.82, 2.24) is 14.8 Å². The summed E-state index contributed by atoms with van der Waals surface area (Å²) in [5.74, 6) is 0.680. The molecule has 1 atom stereocenters. The molecule has 2 aromatic rings. The number of nitrogens with zero attached hydrogens (tertiary/aromatic N) is 3. The highest BCUT2D eigenvalue weighted by molar-refractivity contribution is 5.25. The van der Waals surface area contributed by atoms with Crippen LogP contribution in [0.1, 0.15) is 57.9 Å². The highest BCUT2D eigenvalue weighted by Gasteiger charge is 2.46. The summed E-state index contributed by atoms with van der Waals surface area (Å²) in [5, 5.41) is 4.85. The van der Waals surface area contributed by atoms with E-state index in [4.69, 9.17) is 5.10 Å². The normalized spacial score (nSPS) is 21.5. The summed E-state index contributed by atoms with van der Waals surface area (Å²) in [6.07, 6.45) is 9.48. The first-order valence-electron chi connectivity index (χ1n) is 8.76. The van der Waals surface area contributed by atoms with Gasteiger partial charge < -0.3 is 0 Å². The summed E-state index contributed by atoms with van der Waals surface area (Å²) in [7, 11) is 0. The highest BCUT2D eigenvalue weighted by Crippen LogP contribution is 2.52. The summed E-state index contributed by atoms with van der Waals surface area (Å²) in [6.45, 7) is 12.8. The van der Waals surface area contributed by atoms with Crippen LogP contribution in [0.3, 0.4) is 0 Å². The Kier molecular flexibility index (Phi) is 4.07. The second kappa shape index (κ2) is 5.77. The van der Waals surface area contributed by atoms with Crippen LogP contribution in [-0.2, 0) is 19.4 Å². The van der Waals surface area contributed by atoms with Gasteiger partial charge >= 0.3 is 0 Å². The van der Waals surface area contributed by atoms with Crippen molar-refractivity contribution < 1.29 is 0 Å².